The van der Waals surface area contributed by atoms with Crippen LogP contribution < -0.4 is 0 Å². The molecule has 0 aromatic heterocycles. The molecule has 4 aliphatic carbocycles. The van der Waals surface area contributed by atoms with E-state index in [2.05, 4.69) is 41.5 Å². The third-order valence-corrected chi connectivity index (χ3v) is 15.9. The Morgan fingerprint density at radius 2 is 1.47 bits per heavy atom. The highest BCUT2D eigenvalue weighted by Crippen LogP contribution is 2.76. The molecule has 0 bridgehead atoms. The fourth-order valence-electron chi connectivity index (χ4n) is 13.3. The minimum Gasteiger partial charge on any atom is -0.462 e. The second-order valence-electron chi connectivity index (χ2n) is 19.4. The van der Waals surface area contributed by atoms with Crippen LogP contribution in [0, 0.1) is 45.3 Å². The molecule has 16 atom stereocenters. The molecule has 11 nitrogen and oxygen atoms in total. The number of esters is 2. The molecular weight excluding hydrogens is 656 g/mol. The van der Waals surface area contributed by atoms with Gasteiger partial charge in [0.05, 0.1) is 30.0 Å². The monoisotopic (exact) mass is 722 g/mol. The molecule has 6 rings (SSSR count). The summed E-state index contributed by atoms with van der Waals surface area (Å²) in [5.74, 6) is 0.0370. The summed E-state index contributed by atoms with van der Waals surface area (Å²) in [6, 6.07) is 0. The molecule has 2 saturated heterocycles. The zero-order valence-electron chi connectivity index (χ0n) is 32.6. The van der Waals surface area contributed by atoms with E-state index >= 15 is 0 Å². The summed E-state index contributed by atoms with van der Waals surface area (Å²) in [7, 11) is 0. The largest absolute Gasteiger partial charge is 0.462 e. The number of aliphatic hydroxyl groups is 4. The third-order valence-electron chi connectivity index (χ3n) is 15.9. The predicted molar refractivity (Wildman–Crippen MR) is 187 cm³/mol. The fraction of sp³-hybridized carbons (Fsp3) is 0.950. The molecule has 0 amide bonds. The summed E-state index contributed by atoms with van der Waals surface area (Å²) >= 11 is 0. The van der Waals surface area contributed by atoms with E-state index in [0.717, 1.165) is 51.4 Å². The summed E-state index contributed by atoms with van der Waals surface area (Å²) in [4.78, 5) is 24.9. The van der Waals surface area contributed by atoms with Crippen LogP contribution in [0.4, 0.5) is 0 Å². The smallest absolute Gasteiger partial charge is 0.303 e. The van der Waals surface area contributed by atoms with Gasteiger partial charge < -0.3 is 44.1 Å². The molecule has 0 aromatic rings. The summed E-state index contributed by atoms with van der Waals surface area (Å²) in [6.45, 7) is 20.0. The standard InChI is InChI=1S/C40H66O11/c1-21(42)47-25-19-24-23(40(10)18-14-29(51-40)36(5,6)46)11-16-38(24,8)39(9)17-12-27-35(3,4)28(13-15-37(27,7)33(25)39)50-34-32(48-22(2)43)31(45)30(44)26(20-41)49-34/h23-34,41,44-46H,11-20H2,1-10H3/t23-,24?,25+,26?,27?,28-,29-,30?,31?,32?,33?,34?,37-,38+,39+,40+/m0/s1. The first kappa shape index (κ1) is 39.4. The van der Waals surface area contributed by atoms with E-state index in [9.17, 15) is 30.0 Å². The van der Waals surface area contributed by atoms with Crippen LogP contribution >= 0.6 is 0 Å². The van der Waals surface area contributed by atoms with E-state index in [1.54, 1.807) is 0 Å². The van der Waals surface area contributed by atoms with Crippen molar-refractivity contribution < 1.29 is 53.7 Å². The maximum absolute atomic E-state index is 12.9. The van der Waals surface area contributed by atoms with Crippen LogP contribution in [0.15, 0.2) is 0 Å². The Kier molecular flexibility index (Phi) is 10.2. The SMILES string of the molecule is CC(=O)OC1C(O[C@H]2CC[C@@]3(C)C(CC[C@]4(C)C3[C@H](OC(C)=O)CC3[C@@H]([C@@]5(C)CC[C@@H](C(C)(C)O)O5)CC[C@]34C)C2(C)C)OC(CO)C(O)C1O. The zero-order valence-corrected chi connectivity index (χ0v) is 32.6. The maximum atomic E-state index is 12.9. The normalized spacial score (nSPS) is 50.9. The first-order chi connectivity index (χ1) is 23.5. The van der Waals surface area contributed by atoms with Gasteiger partial charge in [0, 0.05) is 19.8 Å². The summed E-state index contributed by atoms with van der Waals surface area (Å²) in [5, 5.41) is 42.2. The minimum absolute atomic E-state index is 0.00705. The lowest BCUT2D eigenvalue weighted by molar-refractivity contribution is -0.334. The van der Waals surface area contributed by atoms with Crippen LogP contribution in [-0.2, 0) is 33.3 Å². The van der Waals surface area contributed by atoms with Gasteiger partial charge in [-0.1, -0.05) is 34.6 Å². The Morgan fingerprint density at radius 3 is 2.06 bits per heavy atom. The van der Waals surface area contributed by atoms with Gasteiger partial charge in [-0.05, 0) is 118 Å². The van der Waals surface area contributed by atoms with Gasteiger partial charge in [-0.15, -0.1) is 0 Å². The van der Waals surface area contributed by atoms with Crippen LogP contribution in [0.1, 0.15) is 127 Å². The highest BCUT2D eigenvalue weighted by atomic mass is 16.7. The summed E-state index contributed by atoms with van der Waals surface area (Å²) < 4.78 is 31.3. The summed E-state index contributed by atoms with van der Waals surface area (Å²) in [5.41, 5.74) is -1.92. The van der Waals surface area contributed by atoms with Crippen molar-refractivity contribution in [3.05, 3.63) is 0 Å². The Labute approximate surface area is 304 Å². The highest BCUT2D eigenvalue weighted by Gasteiger charge is 2.73. The number of ether oxygens (including phenoxy) is 5. The van der Waals surface area contributed by atoms with Gasteiger partial charge in [-0.3, -0.25) is 9.59 Å². The summed E-state index contributed by atoms with van der Waals surface area (Å²) in [6.07, 6.45) is 0.889. The molecule has 292 valence electrons. The minimum atomic E-state index is -1.48. The van der Waals surface area contributed by atoms with E-state index in [-0.39, 0.29) is 63.4 Å². The number of rotatable bonds is 7. The van der Waals surface area contributed by atoms with E-state index in [1.165, 1.54) is 13.8 Å². The molecule has 4 N–H and O–H groups in total. The third kappa shape index (κ3) is 6.21. The number of aliphatic hydroxyl groups excluding tert-OH is 3. The number of hydrogen-bond donors (Lipinski definition) is 4. The topological polar surface area (TPSA) is 161 Å². The second kappa shape index (κ2) is 13.2. The van der Waals surface area contributed by atoms with Crippen molar-refractivity contribution in [1.29, 1.82) is 0 Å². The Morgan fingerprint density at radius 1 is 0.824 bits per heavy atom. The van der Waals surface area contributed by atoms with Crippen LogP contribution in [0.2, 0.25) is 0 Å². The predicted octanol–water partition coefficient (Wildman–Crippen LogP) is 4.68. The average Bonchev–Trinajstić information content (AvgIpc) is 3.59. The van der Waals surface area contributed by atoms with Crippen molar-refractivity contribution in [2.75, 3.05) is 6.61 Å². The quantitative estimate of drug-likeness (QED) is 0.213. The molecule has 6 aliphatic rings. The first-order valence-corrected chi connectivity index (χ1v) is 19.6. The van der Waals surface area contributed by atoms with Crippen molar-refractivity contribution in [2.45, 2.75) is 187 Å². The van der Waals surface area contributed by atoms with Gasteiger partial charge in [0.1, 0.15) is 24.4 Å². The Balaban J connectivity index is 1.30. The number of hydrogen-bond acceptors (Lipinski definition) is 11. The molecule has 2 aliphatic heterocycles. The first-order valence-electron chi connectivity index (χ1n) is 19.6. The fourth-order valence-corrected chi connectivity index (χ4v) is 13.3. The Hall–Kier alpha value is -1.34. The molecular formula is C40H66O11. The maximum Gasteiger partial charge on any atom is 0.303 e. The number of carbonyl (C=O) groups is 2. The molecule has 8 unspecified atom stereocenters. The van der Waals surface area contributed by atoms with Gasteiger partial charge in [-0.25, -0.2) is 0 Å². The molecule has 0 aromatic carbocycles. The van der Waals surface area contributed by atoms with Crippen LogP contribution in [-0.4, -0.2) is 99.2 Å². The van der Waals surface area contributed by atoms with Crippen molar-refractivity contribution in [1.82, 2.24) is 0 Å². The van der Waals surface area contributed by atoms with E-state index in [1.807, 2.05) is 13.8 Å². The van der Waals surface area contributed by atoms with Crippen molar-refractivity contribution >= 4 is 11.9 Å². The van der Waals surface area contributed by atoms with Gasteiger partial charge in [0.25, 0.3) is 0 Å². The molecule has 0 spiro atoms. The Bertz CT molecular complexity index is 1330. The van der Waals surface area contributed by atoms with E-state index < -0.39 is 48.9 Å². The lowest BCUT2D eigenvalue weighted by Gasteiger charge is -2.71. The molecule has 51 heavy (non-hydrogen) atoms. The molecule has 4 saturated carbocycles. The molecule has 2 heterocycles. The van der Waals surface area contributed by atoms with Crippen LogP contribution in [0.25, 0.3) is 0 Å². The van der Waals surface area contributed by atoms with Crippen LogP contribution in [0.5, 0.6) is 0 Å². The zero-order chi connectivity index (χ0) is 37.7. The van der Waals surface area contributed by atoms with Gasteiger partial charge in [-0.2, -0.15) is 0 Å². The van der Waals surface area contributed by atoms with Crippen molar-refractivity contribution in [2.24, 2.45) is 45.3 Å². The van der Waals surface area contributed by atoms with E-state index in [0.29, 0.717) is 18.3 Å². The second-order valence-corrected chi connectivity index (χ2v) is 19.4. The van der Waals surface area contributed by atoms with Crippen LogP contribution in [0.3, 0.4) is 0 Å². The molecule has 11 heteroatoms. The van der Waals surface area contributed by atoms with Crippen molar-refractivity contribution in [3.8, 4) is 0 Å². The molecule has 0 radical (unpaired) electrons. The van der Waals surface area contributed by atoms with E-state index in [4.69, 9.17) is 23.7 Å². The number of fused-ring (bicyclic) bond motifs is 5. The highest BCUT2D eigenvalue weighted by molar-refractivity contribution is 5.66. The van der Waals surface area contributed by atoms with Gasteiger partial charge in [0.15, 0.2) is 12.4 Å². The average molecular weight is 723 g/mol. The van der Waals surface area contributed by atoms with Gasteiger partial charge >= 0.3 is 11.9 Å². The lowest BCUT2D eigenvalue weighted by Crippen LogP contribution is -2.68. The van der Waals surface area contributed by atoms with Crippen molar-refractivity contribution in [3.63, 3.8) is 0 Å². The molecule has 6 fully saturated rings. The number of carbonyl (C=O) groups excluding carboxylic acids is 2. The lowest BCUT2D eigenvalue weighted by atomic mass is 9.35. The van der Waals surface area contributed by atoms with Gasteiger partial charge in [0.2, 0.25) is 0 Å².